The summed E-state index contributed by atoms with van der Waals surface area (Å²) in [6.45, 7) is 3.24. The van der Waals surface area contributed by atoms with Gasteiger partial charge in [0, 0.05) is 36.7 Å². The van der Waals surface area contributed by atoms with Crippen molar-refractivity contribution in [3.05, 3.63) is 53.0 Å². The number of amides is 3. The van der Waals surface area contributed by atoms with Crippen molar-refractivity contribution >= 4 is 50.0 Å². The molecule has 0 aliphatic heterocycles. The van der Waals surface area contributed by atoms with Gasteiger partial charge in [0.05, 0.1) is 18.9 Å². The molecule has 3 rings (SSSR count). The number of nitrogens with zero attached hydrogens (tertiary/aromatic N) is 3. The van der Waals surface area contributed by atoms with E-state index in [-0.39, 0.29) is 24.9 Å². The van der Waals surface area contributed by atoms with Gasteiger partial charge in [-0.05, 0) is 31.2 Å². The minimum absolute atomic E-state index is 0.0947. The number of anilines is 2. The molecule has 0 aliphatic carbocycles. The molecule has 0 saturated heterocycles. The van der Waals surface area contributed by atoms with Crippen molar-refractivity contribution in [2.75, 3.05) is 44.0 Å². The number of carbonyl (C=O) groups excluding carboxylic acids is 2. The van der Waals surface area contributed by atoms with Crippen molar-refractivity contribution in [1.29, 1.82) is 0 Å². The molecule has 11 heteroatoms. The third kappa shape index (κ3) is 7.51. The summed E-state index contributed by atoms with van der Waals surface area (Å²) >= 11 is 4.69. The first kappa shape index (κ1) is 25.6. The zero-order valence-corrected chi connectivity index (χ0v) is 21.3. The molecule has 0 atom stereocenters. The van der Waals surface area contributed by atoms with Crippen LogP contribution in [0.5, 0.6) is 5.75 Å². The second-order valence-corrected chi connectivity index (χ2v) is 8.95. The van der Waals surface area contributed by atoms with Crippen LogP contribution >= 0.6 is 27.3 Å². The smallest absolute Gasteiger partial charge is 0.322 e. The molecular weight excluding hydrogens is 522 g/mol. The van der Waals surface area contributed by atoms with Crippen molar-refractivity contribution in [2.24, 2.45) is 0 Å². The van der Waals surface area contributed by atoms with Crippen LogP contribution in [0.1, 0.15) is 13.3 Å². The summed E-state index contributed by atoms with van der Waals surface area (Å²) in [6.07, 6.45) is 0.0947. The summed E-state index contributed by atoms with van der Waals surface area (Å²) in [5, 5.41) is 14.9. The Hall–Kier alpha value is -3.02. The molecule has 2 aromatic carbocycles. The van der Waals surface area contributed by atoms with Crippen molar-refractivity contribution in [1.82, 2.24) is 15.1 Å². The zero-order valence-electron chi connectivity index (χ0n) is 18.9. The molecule has 3 amide bonds. The van der Waals surface area contributed by atoms with Crippen LogP contribution in [0.4, 0.5) is 15.6 Å². The molecular formula is C23H26BrN5O4S. The number of nitrogens with one attached hydrogen (secondary N) is 2. The third-order valence-corrected chi connectivity index (χ3v) is 6.07. The number of halogens is 1. The predicted octanol–water partition coefficient (Wildman–Crippen LogP) is 4.88. The second kappa shape index (κ2) is 13.0. The lowest BCUT2D eigenvalue weighted by molar-refractivity contribution is -0.116. The van der Waals surface area contributed by atoms with Crippen LogP contribution in [0.2, 0.25) is 0 Å². The number of urea groups is 1. The molecule has 180 valence electrons. The fourth-order valence-corrected chi connectivity index (χ4v) is 3.99. The van der Waals surface area contributed by atoms with E-state index in [4.69, 9.17) is 9.47 Å². The SMILES string of the molecule is CCOc1ccccc1NC(=O)N(CCOC)CCC(=O)Nc1nnc(-c2ccc(Br)cc2)s1. The molecule has 1 aromatic heterocycles. The molecule has 1 heterocycles. The van der Waals surface area contributed by atoms with Gasteiger partial charge in [0.1, 0.15) is 10.8 Å². The average Bonchev–Trinajstić information content (AvgIpc) is 3.29. The molecule has 9 nitrogen and oxygen atoms in total. The summed E-state index contributed by atoms with van der Waals surface area (Å²) < 4.78 is 11.7. The number of hydrogen-bond donors (Lipinski definition) is 2. The molecule has 3 aromatic rings. The van der Waals surface area contributed by atoms with Crippen LogP contribution in [0.3, 0.4) is 0 Å². The minimum Gasteiger partial charge on any atom is -0.492 e. The number of hydrogen-bond acceptors (Lipinski definition) is 7. The highest BCUT2D eigenvalue weighted by Gasteiger charge is 2.17. The highest BCUT2D eigenvalue weighted by Crippen LogP contribution is 2.27. The Kier molecular flexibility index (Phi) is 9.80. The number of methoxy groups -OCH3 is 1. The van der Waals surface area contributed by atoms with Gasteiger partial charge in [-0.15, -0.1) is 10.2 Å². The summed E-state index contributed by atoms with van der Waals surface area (Å²) in [7, 11) is 1.56. The highest BCUT2D eigenvalue weighted by molar-refractivity contribution is 9.10. The van der Waals surface area contributed by atoms with E-state index in [0.29, 0.717) is 41.3 Å². The van der Waals surface area contributed by atoms with E-state index in [2.05, 4.69) is 36.8 Å². The molecule has 0 fully saturated rings. The van der Waals surface area contributed by atoms with E-state index in [1.165, 1.54) is 16.2 Å². The van der Waals surface area contributed by atoms with Crippen LogP contribution in [-0.2, 0) is 9.53 Å². The Balaban J connectivity index is 1.57. The summed E-state index contributed by atoms with van der Waals surface area (Å²) in [5.74, 6) is 0.323. The van der Waals surface area contributed by atoms with Gasteiger partial charge < -0.3 is 25.0 Å². The van der Waals surface area contributed by atoms with E-state index in [1.807, 2.05) is 43.3 Å². The van der Waals surface area contributed by atoms with Crippen LogP contribution in [-0.4, -0.2) is 60.4 Å². The number of rotatable bonds is 11. The lowest BCUT2D eigenvalue weighted by Gasteiger charge is -2.23. The van der Waals surface area contributed by atoms with Gasteiger partial charge >= 0.3 is 6.03 Å². The van der Waals surface area contributed by atoms with Crippen LogP contribution < -0.4 is 15.4 Å². The molecule has 0 aliphatic rings. The Labute approximate surface area is 210 Å². The van der Waals surface area contributed by atoms with E-state index in [1.54, 1.807) is 19.2 Å². The normalized spacial score (nSPS) is 10.6. The zero-order chi connectivity index (χ0) is 24.3. The Morgan fingerprint density at radius 3 is 2.56 bits per heavy atom. The van der Waals surface area contributed by atoms with Gasteiger partial charge in [-0.2, -0.15) is 0 Å². The Morgan fingerprint density at radius 2 is 1.82 bits per heavy atom. The molecule has 0 saturated carbocycles. The number of aromatic nitrogens is 2. The van der Waals surface area contributed by atoms with Crippen molar-refractivity contribution in [3.8, 4) is 16.3 Å². The number of benzene rings is 2. The van der Waals surface area contributed by atoms with Crippen LogP contribution in [0.25, 0.3) is 10.6 Å². The van der Waals surface area contributed by atoms with Crippen LogP contribution in [0.15, 0.2) is 53.0 Å². The average molecular weight is 548 g/mol. The maximum absolute atomic E-state index is 12.9. The molecule has 2 N–H and O–H groups in total. The first-order chi connectivity index (χ1) is 16.5. The molecule has 34 heavy (non-hydrogen) atoms. The topological polar surface area (TPSA) is 106 Å². The van der Waals surface area contributed by atoms with Gasteiger partial charge in [0.2, 0.25) is 11.0 Å². The first-order valence-corrected chi connectivity index (χ1v) is 12.3. The Morgan fingerprint density at radius 1 is 1.06 bits per heavy atom. The molecule has 0 bridgehead atoms. The number of para-hydroxylation sites is 2. The van der Waals surface area contributed by atoms with Crippen molar-refractivity contribution in [2.45, 2.75) is 13.3 Å². The molecule has 0 radical (unpaired) electrons. The second-order valence-electron chi connectivity index (χ2n) is 7.06. The standard InChI is InChI=1S/C23H26BrN5O4S/c1-3-33-19-7-5-4-6-18(19)25-23(31)29(14-15-32-2)13-12-20(30)26-22-28-27-21(34-22)16-8-10-17(24)11-9-16/h4-11H,3,12-15H2,1-2H3,(H,25,31)(H,26,28,30). The minimum atomic E-state index is -0.342. The van der Waals surface area contributed by atoms with E-state index in [0.717, 1.165) is 10.0 Å². The summed E-state index contributed by atoms with van der Waals surface area (Å²) in [6, 6.07) is 14.5. The maximum Gasteiger partial charge on any atom is 0.322 e. The van der Waals surface area contributed by atoms with Gasteiger partial charge in [0.25, 0.3) is 0 Å². The van der Waals surface area contributed by atoms with E-state index < -0.39 is 0 Å². The molecule has 0 spiro atoms. The Bertz CT molecular complexity index is 1090. The van der Waals surface area contributed by atoms with Crippen molar-refractivity contribution in [3.63, 3.8) is 0 Å². The fourth-order valence-electron chi connectivity index (χ4n) is 2.96. The van der Waals surface area contributed by atoms with Gasteiger partial charge in [0.15, 0.2) is 0 Å². The number of ether oxygens (including phenoxy) is 2. The molecule has 0 unspecified atom stereocenters. The fraction of sp³-hybridized carbons (Fsp3) is 0.304. The number of carbonyl (C=O) groups is 2. The van der Waals surface area contributed by atoms with E-state index >= 15 is 0 Å². The monoisotopic (exact) mass is 547 g/mol. The first-order valence-electron chi connectivity index (χ1n) is 10.7. The summed E-state index contributed by atoms with van der Waals surface area (Å²) in [4.78, 5) is 26.9. The third-order valence-electron chi connectivity index (χ3n) is 4.65. The lowest BCUT2D eigenvalue weighted by atomic mass is 10.2. The van der Waals surface area contributed by atoms with Gasteiger partial charge in [-0.3, -0.25) is 4.79 Å². The van der Waals surface area contributed by atoms with Gasteiger partial charge in [-0.1, -0.05) is 51.5 Å². The van der Waals surface area contributed by atoms with E-state index in [9.17, 15) is 9.59 Å². The van der Waals surface area contributed by atoms with Crippen molar-refractivity contribution < 1.29 is 19.1 Å². The quantitative estimate of drug-likeness (QED) is 0.354. The predicted molar refractivity (Wildman–Crippen MR) is 136 cm³/mol. The lowest BCUT2D eigenvalue weighted by Crippen LogP contribution is -2.39. The highest BCUT2D eigenvalue weighted by atomic mass is 79.9. The summed E-state index contributed by atoms with van der Waals surface area (Å²) in [5.41, 5.74) is 1.48. The van der Waals surface area contributed by atoms with Gasteiger partial charge in [-0.25, -0.2) is 4.79 Å². The largest absolute Gasteiger partial charge is 0.492 e. The maximum atomic E-state index is 12.9. The van der Waals surface area contributed by atoms with Crippen LogP contribution in [0, 0.1) is 0 Å².